The van der Waals surface area contributed by atoms with E-state index in [1.807, 2.05) is 11.0 Å². The number of anilines is 3. The molecule has 0 unspecified atom stereocenters. The molecule has 4 heterocycles. The van der Waals surface area contributed by atoms with Crippen molar-refractivity contribution in [1.29, 1.82) is 0 Å². The maximum absolute atomic E-state index is 12.7. The average Bonchev–Trinajstić information content (AvgIpc) is 2.75. The van der Waals surface area contributed by atoms with E-state index in [9.17, 15) is 13.2 Å². The third kappa shape index (κ3) is 4.87. The molecule has 0 saturated carbocycles. The Morgan fingerprint density at radius 1 is 0.966 bits per heavy atom. The molecule has 7 nitrogen and oxygen atoms in total. The topological polar surface area (TPSA) is 66.4 Å². The first-order valence-corrected chi connectivity index (χ1v) is 9.69. The summed E-state index contributed by atoms with van der Waals surface area (Å²) in [5.41, 5.74) is -0.724. The lowest BCUT2D eigenvalue weighted by atomic mass is 10.0. The SMILES string of the molecule is FC(F)(F)c1ccc(N2CCC(Nc3ccnc(N4CCOCC4)n3)CC2)nc1. The van der Waals surface area contributed by atoms with Gasteiger partial charge in [0.05, 0.1) is 18.8 Å². The molecule has 2 saturated heterocycles. The van der Waals surface area contributed by atoms with Gasteiger partial charge in [-0.05, 0) is 31.0 Å². The van der Waals surface area contributed by atoms with Gasteiger partial charge in [0.2, 0.25) is 5.95 Å². The maximum Gasteiger partial charge on any atom is 0.417 e. The molecular weight excluding hydrogens is 385 g/mol. The number of pyridine rings is 1. The van der Waals surface area contributed by atoms with Gasteiger partial charge >= 0.3 is 6.18 Å². The van der Waals surface area contributed by atoms with E-state index in [0.29, 0.717) is 25.0 Å². The zero-order chi connectivity index (χ0) is 20.3. The highest BCUT2D eigenvalue weighted by molar-refractivity contribution is 5.44. The summed E-state index contributed by atoms with van der Waals surface area (Å²) in [5, 5.41) is 3.46. The van der Waals surface area contributed by atoms with Gasteiger partial charge in [-0.3, -0.25) is 0 Å². The maximum atomic E-state index is 12.7. The number of piperidine rings is 1. The fourth-order valence-electron chi connectivity index (χ4n) is 3.55. The second-order valence-electron chi connectivity index (χ2n) is 7.15. The van der Waals surface area contributed by atoms with E-state index in [0.717, 1.165) is 57.1 Å². The zero-order valence-electron chi connectivity index (χ0n) is 15.9. The fourth-order valence-corrected chi connectivity index (χ4v) is 3.55. The second-order valence-corrected chi connectivity index (χ2v) is 7.15. The van der Waals surface area contributed by atoms with E-state index in [4.69, 9.17) is 4.74 Å². The van der Waals surface area contributed by atoms with Crippen molar-refractivity contribution >= 4 is 17.6 Å². The van der Waals surface area contributed by atoms with Gasteiger partial charge in [-0.25, -0.2) is 9.97 Å². The Morgan fingerprint density at radius 3 is 2.38 bits per heavy atom. The van der Waals surface area contributed by atoms with Crippen LogP contribution in [-0.2, 0) is 10.9 Å². The Hall–Kier alpha value is -2.62. The van der Waals surface area contributed by atoms with Gasteiger partial charge in [0, 0.05) is 44.6 Å². The van der Waals surface area contributed by atoms with Crippen LogP contribution in [0.4, 0.5) is 30.8 Å². The largest absolute Gasteiger partial charge is 0.417 e. The predicted molar refractivity (Wildman–Crippen MR) is 103 cm³/mol. The van der Waals surface area contributed by atoms with Gasteiger partial charge in [0.15, 0.2) is 0 Å². The number of ether oxygens (including phenoxy) is 1. The lowest BCUT2D eigenvalue weighted by molar-refractivity contribution is -0.137. The molecule has 10 heteroatoms. The number of hydrogen-bond acceptors (Lipinski definition) is 7. The molecule has 2 aromatic rings. The quantitative estimate of drug-likeness (QED) is 0.835. The first-order chi connectivity index (χ1) is 14.0. The molecule has 0 bridgehead atoms. The summed E-state index contributed by atoms with van der Waals surface area (Å²) in [6.45, 7) is 4.35. The van der Waals surface area contributed by atoms with Crippen molar-refractivity contribution in [2.75, 3.05) is 54.5 Å². The van der Waals surface area contributed by atoms with Crippen LogP contribution in [0.1, 0.15) is 18.4 Å². The zero-order valence-corrected chi connectivity index (χ0v) is 15.9. The molecule has 1 N–H and O–H groups in total. The predicted octanol–water partition coefficient (Wildman–Crippen LogP) is 2.81. The molecule has 0 atom stereocenters. The van der Waals surface area contributed by atoms with Gasteiger partial charge in [-0.15, -0.1) is 0 Å². The molecule has 2 aromatic heterocycles. The highest BCUT2D eigenvalue weighted by atomic mass is 19.4. The van der Waals surface area contributed by atoms with Crippen LogP contribution >= 0.6 is 0 Å². The van der Waals surface area contributed by atoms with Gasteiger partial charge in [0.25, 0.3) is 0 Å². The summed E-state index contributed by atoms with van der Waals surface area (Å²) in [7, 11) is 0. The molecule has 156 valence electrons. The molecule has 4 rings (SSSR count). The van der Waals surface area contributed by atoms with Crippen LogP contribution in [0.3, 0.4) is 0 Å². The van der Waals surface area contributed by atoms with E-state index < -0.39 is 11.7 Å². The molecule has 0 aromatic carbocycles. The van der Waals surface area contributed by atoms with Crippen molar-refractivity contribution in [1.82, 2.24) is 15.0 Å². The number of hydrogen-bond donors (Lipinski definition) is 1. The van der Waals surface area contributed by atoms with E-state index in [1.165, 1.54) is 6.07 Å². The molecule has 0 radical (unpaired) electrons. The minimum absolute atomic E-state index is 0.244. The molecular formula is C19H23F3N6O. The van der Waals surface area contributed by atoms with Crippen LogP contribution < -0.4 is 15.1 Å². The lowest BCUT2D eigenvalue weighted by Gasteiger charge is -2.33. The number of rotatable bonds is 4. The van der Waals surface area contributed by atoms with Crippen molar-refractivity contribution < 1.29 is 17.9 Å². The fraction of sp³-hybridized carbons (Fsp3) is 0.526. The smallest absolute Gasteiger partial charge is 0.378 e. The van der Waals surface area contributed by atoms with Crippen LogP contribution in [-0.4, -0.2) is 60.4 Å². The Bertz CT molecular complexity index is 802. The monoisotopic (exact) mass is 408 g/mol. The molecule has 2 aliphatic rings. The highest BCUT2D eigenvalue weighted by Crippen LogP contribution is 2.30. The Morgan fingerprint density at radius 2 is 1.72 bits per heavy atom. The summed E-state index contributed by atoms with van der Waals surface area (Å²) >= 11 is 0. The number of nitrogens with one attached hydrogen (secondary N) is 1. The normalized spacial score (nSPS) is 18.7. The van der Waals surface area contributed by atoms with Crippen molar-refractivity contribution in [3.63, 3.8) is 0 Å². The lowest BCUT2D eigenvalue weighted by Crippen LogP contribution is -2.40. The second kappa shape index (κ2) is 8.40. The van der Waals surface area contributed by atoms with Crippen LogP contribution in [0.2, 0.25) is 0 Å². The number of morpholine rings is 1. The summed E-state index contributed by atoms with van der Waals surface area (Å²) < 4.78 is 43.4. The molecule has 2 aliphatic heterocycles. The standard InChI is InChI=1S/C19H23F3N6O/c20-19(21,22)14-1-2-17(24-13-14)27-7-4-15(5-8-27)25-16-3-6-23-18(26-16)28-9-11-29-12-10-28/h1-3,6,13,15H,4-5,7-12H2,(H,23,25,26). The molecule has 29 heavy (non-hydrogen) atoms. The highest BCUT2D eigenvalue weighted by Gasteiger charge is 2.31. The minimum Gasteiger partial charge on any atom is -0.378 e. The first-order valence-electron chi connectivity index (χ1n) is 9.69. The van der Waals surface area contributed by atoms with Gasteiger partial charge < -0.3 is 19.9 Å². The summed E-state index contributed by atoms with van der Waals surface area (Å²) in [6, 6.07) is 4.62. The Labute approximate surface area is 166 Å². The third-order valence-electron chi connectivity index (χ3n) is 5.18. The van der Waals surface area contributed by atoms with Crippen molar-refractivity contribution in [2.24, 2.45) is 0 Å². The molecule has 0 aliphatic carbocycles. The van der Waals surface area contributed by atoms with E-state index >= 15 is 0 Å². The van der Waals surface area contributed by atoms with Crippen LogP contribution in [0.5, 0.6) is 0 Å². The molecule has 2 fully saturated rings. The van der Waals surface area contributed by atoms with Crippen molar-refractivity contribution in [3.8, 4) is 0 Å². The summed E-state index contributed by atoms with van der Waals surface area (Å²) in [5.74, 6) is 2.06. The van der Waals surface area contributed by atoms with E-state index in [-0.39, 0.29) is 6.04 Å². The number of alkyl halides is 3. The van der Waals surface area contributed by atoms with Gasteiger partial charge in [-0.1, -0.05) is 0 Å². The van der Waals surface area contributed by atoms with E-state index in [1.54, 1.807) is 6.20 Å². The van der Waals surface area contributed by atoms with Gasteiger partial charge in [-0.2, -0.15) is 18.2 Å². The summed E-state index contributed by atoms with van der Waals surface area (Å²) in [6.07, 6.45) is -0.0195. The molecule has 0 spiro atoms. The first kappa shape index (κ1) is 19.7. The number of nitrogens with zero attached hydrogens (tertiary/aromatic N) is 5. The third-order valence-corrected chi connectivity index (χ3v) is 5.18. The Kier molecular flexibility index (Phi) is 5.70. The van der Waals surface area contributed by atoms with Gasteiger partial charge in [0.1, 0.15) is 11.6 Å². The number of halogens is 3. The minimum atomic E-state index is -4.36. The van der Waals surface area contributed by atoms with Crippen LogP contribution in [0.15, 0.2) is 30.6 Å². The average molecular weight is 408 g/mol. The van der Waals surface area contributed by atoms with Crippen molar-refractivity contribution in [2.45, 2.75) is 25.1 Å². The van der Waals surface area contributed by atoms with Crippen molar-refractivity contribution in [3.05, 3.63) is 36.2 Å². The molecule has 0 amide bonds. The Balaban J connectivity index is 1.32. The van der Waals surface area contributed by atoms with Crippen LogP contribution in [0.25, 0.3) is 0 Å². The van der Waals surface area contributed by atoms with Crippen LogP contribution in [0, 0.1) is 0 Å². The number of aromatic nitrogens is 3. The summed E-state index contributed by atoms with van der Waals surface area (Å²) in [4.78, 5) is 17.1. The van der Waals surface area contributed by atoms with E-state index in [2.05, 4.69) is 25.2 Å².